The van der Waals surface area contributed by atoms with Crippen LogP contribution in [-0.2, 0) is 11.3 Å². The van der Waals surface area contributed by atoms with E-state index in [9.17, 15) is 9.59 Å². The maximum atomic E-state index is 12.2. The topological polar surface area (TPSA) is 70.0 Å². The SMILES string of the molecule is O=C(CCN1CCN(Cc2cc(=O)n3ccsc3n2)CC1)Nc1cccc(Cl)c1. The fourth-order valence-corrected chi connectivity index (χ4v) is 4.35. The Labute approximate surface area is 177 Å². The van der Waals surface area contributed by atoms with E-state index in [1.165, 1.54) is 11.3 Å². The number of anilines is 1. The van der Waals surface area contributed by atoms with Crippen molar-refractivity contribution in [3.8, 4) is 0 Å². The van der Waals surface area contributed by atoms with Crippen molar-refractivity contribution in [1.82, 2.24) is 19.2 Å². The molecule has 1 aromatic carbocycles. The van der Waals surface area contributed by atoms with Gasteiger partial charge in [0.15, 0.2) is 4.96 Å². The highest BCUT2D eigenvalue weighted by molar-refractivity contribution is 7.15. The van der Waals surface area contributed by atoms with Crippen LogP contribution < -0.4 is 10.9 Å². The highest BCUT2D eigenvalue weighted by atomic mass is 35.5. The minimum atomic E-state index is -0.0319. The molecule has 0 spiro atoms. The first-order valence-electron chi connectivity index (χ1n) is 9.53. The maximum absolute atomic E-state index is 12.2. The summed E-state index contributed by atoms with van der Waals surface area (Å²) < 4.78 is 1.57. The molecule has 1 saturated heterocycles. The van der Waals surface area contributed by atoms with Crippen LogP contribution in [0.25, 0.3) is 4.96 Å². The molecule has 0 bridgehead atoms. The lowest BCUT2D eigenvalue weighted by Gasteiger charge is -2.34. The number of fused-ring (bicyclic) bond motifs is 1. The molecule has 1 aliphatic heterocycles. The van der Waals surface area contributed by atoms with Crippen LogP contribution >= 0.6 is 22.9 Å². The summed E-state index contributed by atoms with van der Waals surface area (Å²) in [7, 11) is 0. The number of benzene rings is 1. The third-order valence-corrected chi connectivity index (χ3v) is 5.96. The molecule has 0 aliphatic carbocycles. The van der Waals surface area contributed by atoms with Crippen LogP contribution in [0.2, 0.25) is 5.02 Å². The van der Waals surface area contributed by atoms with Gasteiger partial charge in [-0.1, -0.05) is 17.7 Å². The zero-order chi connectivity index (χ0) is 20.2. The Morgan fingerprint density at radius 3 is 2.76 bits per heavy atom. The molecule has 7 nitrogen and oxygen atoms in total. The molecule has 3 aromatic rings. The first kappa shape index (κ1) is 20.0. The zero-order valence-electron chi connectivity index (χ0n) is 15.9. The average molecular weight is 432 g/mol. The first-order valence-corrected chi connectivity index (χ1v) is 10.8. The smallest absolute Gasteiger partial charge is 0.258 e. The second kappa shape index (κ2) is 9.04. The van der Waals surface area contributed by atoms with E-state index in [1.807, 2.05) is 17.5 Å². The Bertz CT molecular complexity index is 1060. The Balaban J connectivity index is 1.23. The second-order valence-corrected chi connectivity index (χ2v) is 8.38. The Morgan fingerprint density at radius 2 is 1.97 bits per heavy atom. The summed E-state index contributed by atoms with van der Waals surface area (Å²) in [5.41, 5.74) is 1.50. The number of amides is 1. The van der Waals surface area contributed by atoms with Crippen LogP contribution in [0.15, 0.2) is 46.7 Å². The van der Waals surface area contributed by atoms with Gasteiger partial charge in [-0.3, -0.25) is 18.9 Å². The van der Waals surface area contributed by atoms with Gasteiger partial charge >= 0.3 is 0 Å². The summed E-state index contributed by atoms with van der Waals surface area (Å²) in [6.07, 6.45) is 2.19. The zero-order valence-corrected chi connectivity index (χ0v) is 17.5. The summed E-state index contributed by atoms with van der Waals surface area (Å²) in [5.74, 6) is -0.0105. The van der Waals surface area contributed by atoms with Crippen molar-refractivity contribution < 1.29 is 4.79 Å². The van der Waals surface area contributed by atoms with E-state index >= 15 is 0 Å². The van der Waals surface area contributed by atoms with Crippen LogP contribution in [0.4, 0.5) is 5.69 Å². The number of hydrogen-bond donors (Lipinski definition) is 1. The highest BCUT2D eigenvalue weighted by Gasteiger charge is 2.18. The van der Waals surface area contributed by atoms with Crippen LogP contribution in [0.1, 0.15) is 12.1 Å². The molecule has 29 heavy (non-hydrogen) atoms. The number of carbonyl (C=O) groups is 1. The maximum Gasteiger partial charge on any atom is 0.258 e. The molecule has 0 saturated carbocycles. The number of carbonyl (C=O) groups excluding carboxylic acids is 1. The number of hydrogen-bond acceptors (Lipinski definition) is 6. The lowest BCUT2D eigenvalue weighted by atomic mass is 10.2. The average Bonchev–Trinajstić information content (AvgIpc) is 3.17. The Morgan fingerprint density at radius 1 is 1.17 bits per heavy atom. The minimum absolute atomic E-state index is 0.0105. The monoisotopic (exact) mass is 431 g/mol. The second-order valence-electron chi connectivity index (χ2n) is 7.07. The van der Waals surface area contributed by atoms with E-state index in [0.717, 1.165) is 49.1 Å². The summed E-state index contributed by atoms with van der Waals surface area (Å²) in [5, 5.41) is 5.36. The van der Waals surface area contributed by atoms with Crippen LogP contribution in [-0.4, -0.2) is 57.8 Å². The van der Waals surface area contributed by atoms with Crippen molar-refractivity contribution in [2.75, 3.05) is 38.0 Å². The normalized spacial score (nSPS) is 15.6. The lowest BCUT2D eigenvalue weighted by Crippen LogP contribution is -2.46. The molecular weight excluding hydrogens is 410 g/mol. The number of piperazine rings is 1. The summed E-state index contributed by atoms with van der Waals surface area (Å²) >= 11 is 7.41. The quantitative estimate of drug-likeness (QED) is 0.649. The fourth-order valence-electron chi connectivity index (χ4n) is 3.42. The van der Waals surface area contributed by atoms with Gasteiger partial charge in [-0.25, -0.2) is 4.98 Å². The largest absolute Gasteiger partial charge is 0.326 e. The number of thiazole rings is 1. The van der Waals surface area contributed by atoms with E-state index in [2.05, 4.69) is 20.1 Å². The molecule has 152 valence electrons. The van der Waals surface area contributed by atoms with Gasteiger partial charge in [0.2, 0.25) is 5.91 Å². The minimum Gasteiger partial charge on any atom is -0.326 e. The molecule has 0 radical (unpaired) electrons. The molecule has 0 atom stereocenters. The molecule has 2 aromatic heterocycles. The third kappa shape index (κ3) is 5.22. The van der Waals surface area contributed by atoms with E-state index < -0.39 is 0 Å². The van der Waals surface area contributed by atoms with Gasteiger partial charge in [0.05, 0.1) is 5.69 Å². The van der Waals surface area contributed by atoms with Crippen LogP contribution in [0, 0.1) is 0 Å². The van der Waals surface area contributed by atoms with Gasteiger partial charge < -0.3 is 10.2 Å². The molecule has 3 heterocycles. The summed E-state index contributed by atoms with van der Waals surface area (Å²) in [4.78, 5) is 34.2. The van der Waals surface area contributed by atoms with Crippen molar-refractivity contribution in [2.24, 2.45) is 0 Å². The summed E-state index contributed by atoms with van der Waals surface area (Å²) in [6, 6.07) is 8.78. The van der Waals surface area contributed by atoms with Crippen molar-refractivity contribution in [3.63, 3.8) is 0 Å². The van der Waals surface area contributed by atoms with E-state index in [4.69, 9.17) is 11.6 Å². The predicted molar refractivity (Wildman–Crippen MR) is 116 cm³/mol. The number of aromatic nitrogens is 2. The number of nitrogens with one attached hydrogen (secondary N) is 1. The number of nitrogens with zero attached hydrogens (tertiary/aromatic N) is 4. The molecule has 1 N–H and O–H groups in total. The molecule has 1 amide bonds. The lowest BCUT2D eigenvalue weighted by molar-refractivity contribution is -0.116. The van der Waals surface area contributed by atoms with Gasteiger partial charge in [0.25, 0.3) is 5.56 Å². The molecule has 1 fully saturated rings. The third-order valence-electron chi connectivity index (χ3n) is 4.97. The molecule has 1 aliphatic rings. The molecular formula is C20H22ClN5O2S. The first-order chi connectivity index (χ1) is 14.1. The van der Waals surface area contributed by atoms with Gasteiger partial charge in [0.1, 0.15) is 0 Å². The van der Waals surface area contributed by atoms with Gasteiger partial charge in [-0.2, -0.15) is 0 Å². The van der Waals surface area contributed by atoms with E-state index in [0.29, 0.717) is 18.0 Å². The molecule has 4 rings (SSSR count). The highest BCUT2D eigenvalue weighted by Crippen LogP contribution is 2.15. The number of halogens is 1. The molecule has 0 unspecified atom stereocenters. The Kier molecular flexibility index (Phi) is 6.25. The number of rotatable bonds is 6. The van der Waals surface area contributed by atoms with Crippen LogP contribution in [0.5, 0.6) is 0 Å². The predicted octanol–water partition coefficient (Wildman–Crippen LogP) is 2.56. The van der Waals surface area contributed by atoms with Gasteiger partial charge in [0, 0.05) is 74.0 Å². The van der Waals surface area contributed by atoms with Crippen LogP contribution in [0.3, 0.4) is 0 Å². The molecule has 9 heteroatoms. The summed E-state index contributed by atoms with van der Waals surface area (Å²) in [6.45, 7) is 4.96. The van der Waals surface area contributed by atoms with E-state index in [1.54, 1.807) is 28.8 Å². The van der Waals surface area contributed by atoms with Gasteiger partial charge in [-0.15, -0.1) is 11.3 Å². The van der Waals surface area contributed by atoms with Crippen molar-refractivity contribution in [1.29, 1.82) is 0 Å². The van der Waals surface area contributed by atoms with Crippen molar-refractivity contribution >= 4 is 39.5 Å². The van der Waals surface area contributed by atoms with Crippen molar-refractivity contribution in [2.45, 2.75) is 13.0 Å². The Hall–Kier alpha value is -2.26. The van der Waals surface area contributed by atoms with E-state index in [-0.39, 0.29) is 11.5 Å². The van der Waals surface area contributed by atoms with Gasteiger partial charge in [-0.05, 0) is 18.2 Å². The van der Waals surface area contributed by atoms with Crippen molar-refractivity contribution in [3.05, 3.63) is 63.0 Å². The standard InChI is InChI=1S/C20H22ClN5O2S/c21-15-2-1-3-16(12-15)22-18(27)4-5-24-6-8-25(9-7-24)14-17-13-19(28)26-10-11-29-20(26)23-17/h1-3,10-13H,4-9,14H2,(H,22,27). The fraction of sp³-hybridized carbons (Fsp3) is 0.350.